The Balaban J connectivity index is 2.50. The molecule has 1 rings (SSSR count). The monoisotopic (exact) mass is 181 g/mol. The Hall–Kier alpha value is -1.29. The van der Waals surface area contributed by atoms with Gasteiger partial charge in [-0.3, -0.25) is 0 Å². The summed E-state index contributed by atoms with van der Waals surface area (Å²) in [5, 5.41) is 11.9. The number of nitrogens with zero attached hydrogens (tertiary/aromatic N) is 1. The van der Waals surface area contributed by atoms with E-state index in [2.05, 4.69) is 10.3 Å². The van der Waals surface area contributed by atoms with Crippen molar-refractivity contribution in [3.63, 3.8) is 0 Å². The van der Waals surface area contributed by atoms with Crippen molar-refractivity contribution >= 4 is 11.5 Å². The molecule has 0 saturated carbocycles. The van der Waals surface area contributed by atoms with Gasteiger partial charge in [0.15, 0.2) is 0 Å². The number of nitrogen functional groups attached to an aromatic ring is 1. The second-order valence-corrected chi connectivity index (χ2v) is 3.10. The summed E-state index contributed by atoms with van der Waals surface area (Å²) in [6.45, 7) is 2.83. The molecule has 0 amide bonds. The third-order valence-electron chi connectivity index (χ3n) is 1.79. The molecule has 13 heavy (non-hydrogen) atoms. The fourth-order valence-corrected chi connectivity index (χ4v) is 0.916. The van der Waals surface area contributed by atoms with Crippen molar-refractivity contribution in [2.24, 2.45) is 5.92 Å². The highest BCUT2D eigenvalue weighted by molar-refractivity contribution is 5.60. The van der Waals surface area contributed by atoms with E-state index in [1.165, 1.54) is 0 Å². The van der Waals surface area contributed by atoms with Gasteiger partial charge in [0.05, 0.1) is 5.69 Å². The van der Waals surface area contributed by atoms with E-state index >= 15 is 0 Å². The minimum absolute atomic E-state index is 0.174. The molecule has 72 valence electrons. The number of pyridine rings is 1. The zero-order chi connectivity index (χ0) is 9.68. The van der Waals surface area contributed by atoms with Crippen LogP contribution in [-0.2, 0) is 0 Å². The predicted octanol–water partition coefficient (Wildman–Crippen LogP) is 0.704. The molecule has 4 heteroatoms. The van der Waals surface area contributed by atoms with Gasteiger partial charge in [0.1, 0.15) is 5.82 Å². The van der Waals surface area contributed by atoms with Gasteiger partial charge in [-0.15, -0.1) is 0 Å². The van der Waals surface area contributed by atoms with Crippen molar-refractivity contribution in [1.82, 2.24) is 4.98 Å². The van der Waals surface area contributed by atoms with Crippen LogP contribution in [-0.4, -0.2) is 23.2 Å². The highest BCUT2D eigenvalue weighted by Crippen LogP contribution is 2.13. The molecule has 1 unspecified atom stereocenters. The van der Waals surface area contributed by atoms with Gasteiger partial charge in [-0.05, 0) is 18.1 Å². The maximum Gasteiger partial charge on any atom is 0.146 e. The van der Waals surface area contributed by atoms with E-state index in [0.717, 1.165) is 5.69 Å². The van der Waals surface area contributed by atoms with E-state index in [9.17, 15) is 0 Å². The number of hydrogen-bond donors (Lipinski definition) is 3. The van der Waals surface area contributed by atoms with E-state index in [1.54, 1.807) is 6.20 Å². The van der Waals surface area contributed by atoms with Crippen molar-refractivity contribution in [2.75, 3.05) is 24.2 Å². The van der Waals surface area contributed by atoms with E-state index in [1.807, 2.05) is 19.1 Å². The summed E-state index contributed by atoms with van der Waals surface area (Å²) in [4.78, 5) is 3.94. The van der Waals surface area contributed by atoms with Gasteiger partial charge in [0, 0.05) is 19.3 Å². The fraction of sp³-hybridized carbons (Fsp3) is 0.444. The molecule has 0 spiro atoms. The molecule has 1 atom stereocenters. The molecule has 0 radical (unpaired) electrons. The highest BCUT2D eigenvalue weighted by Gasteiger charge is 2.01. The van der Waals surface area contributed by atoms with Gasteiger partial charge in [0.2, 0.25) is 0 Å². The van der Waals surface area contributed by atoms with Crippen LogP contribution in [0.4, 0.5) is 11.5 Å². The summed E-state index contributed by atoms with van der Waals surface area (Å²) in [7, 11) is 0. The summed E-state index contributed by atoms with van der Waals surface area (Å²) in [6, 6.07) is 3.69. The molecule has 0 aliphatic heterocycles. The predicted molar refractivity (Wildman–Crippen MR) is 53.4 cm³/mol. The molecule has 0 aliphatic carbocycles. The second kappa shape index (κ2) is 4.67. The molecule has 1 aromatic rings. The lowest BCUT2D eigenvalue weighted by Crippen LogP contribution is -2.15. The normalized spacial score (nSPS) is 12.5. The van der Waals surface area contributed by atoms with Gasteiger partial charge in [-0.2, -0.15) is 0 Å². The van der Waals surface area contributed by atoms with Gasteiger partial charge in [0.25, 0.3) is 0 Å². The van der Waals surface area contributed by atoms with Gasteiger partial charge < -0.3 is 16.2 Å². The molecule has 4 nitrogen and oxygen atoms in total. The summed E-state index contributed by atoms with van der Waals surface area (Å²) < 4.78 is 0. The molecular weight excluding hydrogens is 166 g/mol. The van der Waals surface area contributed by atoms with Crippen LogP contribution in [0.25, 0.3) is 0 Å². The first-order valence-corrected chi connectivity index (χ1v) is 4.29. The summed E-state index contributed by atoms with van der Waals surface area (Å²) >= 11 is 0. The van der Waals surface area contributed by atoms with E-state index < -0.39 is 0 Å². The van der Waals surface area contributed by atoms with Crippen LogP contribution in [0.2, 0.25) is 0 Å². The number of aromatic nitrogens is 1. The Morgan fingerprint density at radius 2 is 2.46 bits per heavy atom. The zero-order valence-corrected chi connectivity index (χ0v) is 7.70. The lowest BCUT2D eigenvalue weighted by Gasteiger charge is -2.11. The van der Waals surface area contributed by atoms with Crippen molar-refractivity contribution in [2.45, 2.75) is 6.92 Å². The summed E-state index contributed by atoms with van der Waals surface area (Å²) in [6.07, 6.45) is 1.65. The topological polar surface area (TPSA) is 71.2 Å². The lowest BCUT2D eigenvalue weighted by molar-refractivity contribution is 0.244. The summed E-state index contributed by atoms with van der Waals surface area (Å²) in [5.74, 6) is 0.715. The molecule has 0 aliphatic rings. The highest BCUT2D eigenvalue weighted by atomic mass is 16.3. The smallest absolute Gasteiger partial charge is 0.146 e. The Morgan fingerprint density at radius 1 is 1.69 bits per heavy atom. The van der Waals surface area contributed by atoms with E-state index in [4.69, 9.17) is 10.8 Å². The number of nitrogens with two attached hydrogens (primary N) is 1. The van der Waals surface area contributed by atoms with Gasteiger partial charge >= 0.3 is 0 Å². The summed E-state index contributed by atoms with van der Waals surface area (Å²) in [5.41, 5.74) is 6.43. The second-order valence-electron chi connectivity index (χ2n) is 3.10. The minimum Gasteiger partial charge on any atom is -0.396 e. The quantitative estimate of drug-likeness (QED) is 0.639. The number of aliphatic hydroxyl groups is 1. The lowest BCUT2D eigenvalue weighted by atomic mass is 10.2. The average Bonchev–Trinajstić information content (AvgIpc) is 2.16. The van der Waals surface area contributed by atoms with Crippen LogP contribution in [0.3, 0.4) is 0 Å². The number of rotatable bonds is 4. The first-order chi connectivity index (χ1) is 6.24. The van der Waals surface area contributed by atoms with E-state index in [0.29, 0.717) is 12.4 Å². The van der Waals surface area contributed by atoms with Crippen LogP contribution in [0.1, 0.15) is 6.92 Å². The molecule has 1 heterocycles. The molecule has 4 N–H and O–H groups in total. The maximum absolute atomic E-state index is 8.80. The first-order valence-electron chi connectivity index (χ1n) is 4.29. The van der Waals surface area contributed by atoms with Gasteiger partial charge in [-0.1, -0.05) is 6.92 Å². The van der Waals surface area contributed by atoms with Crippen LogP contribution in [0, 0.1) is 5.92 Å². The standard InChI is InChI=1S/C9H15N3O/c1-7(6-13)5-12-8-3-2-4-11-9(8)10/h2-4,7,12-13H,5-6H2,1H3,(H2,10,11). The number of nitrogens with one attached hydrogen (secondary N) is 1. The molecule has 0 bridgehead atoms. The molecule has 0 saturated heterocycles. The van der Waals surface area contributed by atoms with Crippen molar-refractivity contribution in [3.8, 4) is 0 Å². The maximum atomic E-state index is 8.80. The number of hydrogen-bond acceptors (Lipinski definition) is 4. The fourth-order valence-electron chi connectivity index (χ4n) is 0.916. The molecular formula is C9H15N3O. The average molecular weight is 181 g/mol. The molecule has 0 fully saturated rings. The van der Waals surface area contributed by atoms with E-state index in [-0.39, 0.29) is 12.5 Å². The van der Waals surface area contributed by atoms with Crippen molar-refractivity contribution in [1.29, 1.82) is 0 Å². The Kier molecular flexibility index (Phi) is 3.52. The Morgan fingerprint density at radius 3 is 3.08 bits per heavy atom. The third-order valence-corrected chi connectivity index (χ3v) is 1.79. The van der Waals surface area contributed by atoms with Crippen LogP contribution >= 0.6 is 0 Å². The zero-order valence-electron chi connectivity index (χ0n) is 7.70. The van der Waals surface area contributed by atoms with Crippen LogP contribution in [0.15, 0.2) is 18.3 Å². The minimum atomic E-state index is 0.174. The van der Waals surface area contributed by atoms with Crippen LogP contribution in [0.5, 0.6) is 0 Å². The molecule has 0 aromatic carbocycles. The Bertz CT molecular complexity index is 265. The van der Waals surface area contributed by atoms with Gasteiger partial charge in [-0.25, -0.2) is 4.98 Å². The largest absolute Gasteiger partial charge is 0.396 e. The third kappa shape index (κ3) is 2.91. The number of anilines is 2. The first kappa shape index (κ1) is 9.80. The Labute approximate surface area is 77.8 Å². The van der Waals surface area contributed by atoms with Crippen molar-refractivity contribution < 1.29 is 5.11 Å². The molecule has 1 aromatic heterocycles. The van der Waals surface area contributed by atoms with Crippen molar-refractivity contribution in [3.05, 3.63) is 18.3 Å². The number of aliphatic hydroxyl groups excluding tert-OH is 1. The SMILES string of the molecule is CC(CO)CNc1cccnc1N. The van der Waals surface area contributed by atoms with Crippen LogP contribution < -0.4 is 11.1 Å².